The normalized spacial score (nSPS) is 10.5. The second kappa shape index (κ2) is 5.75. The molecule has 0 saturated heterocycles. The monoisotopic (exact) mass is 242 g/mol. The number of hydrogen-bond acceptors (Lipinski definition) is 2. The Morgan fingerprint density at radius 3 is 2.56 bits per heavy atom. The summed E-state index contributed by atoms with van der Waals surface area (Å²) in [6.45, 7) is 4.01. The maximum Gasteiger partial charge on any atom is 0.339 e. The number of benzene rings is 1. The van der Waals surface area contributed by atoms with Gasteiger partial charge in [-0.25, -0.2) is 4.79 Å². The lowest BCUT2D eigenvalue weighted by Crippen LogP contribution is -2.15. The zero-order valence-corrected chi connectivity index (χ0v) is 10.1. The molecule has 0 fully saturated rings. The Bertz CT molecular complexity index is 373. The summed E-state index contributed by atoms with van der Waals surface area (Å²) in [6.07, 6.45) is 1.73. The molecule has 16 heavy (non-hydrogen) atoms. The second-order valence-corrected chi connectivity index (χ2v) is 3.94. The summed E-state index contributed by atoms with van der Waals surface area (Å²) in [5, 5.41) is 9.41. The van der Waals surface area contributed by atoms with Crippen molar-refractivity contribution in [3.63, 3.8) is 0 Å². The van der Waals surface area contributed by atoms with E-state index in [0.29, 0.717) is 10.8 Å². The number of carboxylic acid groups (broad SMARTS) is 1. The van der Waals surface area contributed by atoms with Crippen LogP contribution in [-0.2, 0) is 0 Å². The minimum Gasteiger partial charge on any atom is -0.490 e. The molecular formula is C12H15ClO3. The Labute approximate surface area is 100.0 Å². The third kappa shape index (κ3) is 3.14. The van der Waals surface area contributed by atoms with Crippen molar-refractivity contribution in [1.82, 2.24) is 0 Å². The molecule has 0 aliphatic rings. The van der Waals surface area contributed by atoms with Gasteiger partial charge in [0.05, 0.1) is 6.10 Å². The average Bonchev–Trinajstić information content (AvgIpc) is 2.27. The van der Waals surface area contributed by atoms with Gasteiger partial charge in [-0.05, 0) is 31.0 Å². The summed E-state index contributed by atoms with van der Waals surface area (Å²) in [5.41, 5.74) is 0.111. The van der Waals surface area contributed by atoms with E-state index in [-0.39, 0.29) is 11.7 Å². The molecule has 0 amide bonds. The topological polar surface area (TPSA) is 46.5 Å². The van der Waals surface area contributed by atoms with Crippen LogP contribution in [0.1, 0.15) is 37.0 Å². The number of rotatable bonds is 5. The van der Waals surface area contributed by atoms with Crippen molar-refractivity contribution < 1.29 is 14.6 Å². The van der Waals surface area contributed by atoms with Gasteiger partial charge in [-0.2, -0.15) is 0 Å². The van der Waals surface area contributed by atoms with Crippen molar-refractivity contribution in [3.8, 4) is 5.75 Å². The van der Waals surface area contributed by atoms with Crippen molar-refractivity contribution >= 4 is 17.6 Å². The summed E-state index contributed by atoms with van der Waals surface area (Å²) in [5.74, 6) is -0.644. The van der Waals surface area contributed by atoms with Crippen LogP contribution in [0.5, 0.6) is 5.75 Å². The molecule has 1 rings (SSSR count). The smallest absolute Gasteiger partial charge is 0.339 e. The van der Waals surface area contributed by atoms with E-state index in [4.69, 9.17) is 21.4 Å². The quantitative estimate of drug-likeness (QED) is 0.858. The maximum atomic E-state index is 11.0. The fraction of sp³-hybridized carbons (Fsp3) is 0.417. The number of carbonyl (C=O) groups is 1. The molecule has 0 heterocycles. The number of ether oxygens (including phenoxy) is 1. The Morgan fingerprint density at radius 1 is 1.44 bits per heavy atom. The van der Waals surface area contributed by atoms with Gasteiger partial charge in [0.2, 0.25) is 0 Å². The van der Waals surface area contributed by atoms with Crippen molar-refractivity contribution in [2.75, 3.05) is 0 Å². The predicted molar refractivity (Wildman–Crippen MR) is 63.4 cm³/mol. The number of hydrogen-bond donors (Lipinski definition) is 1. The van der Waals surface area contributed by atoms with Gasteiger partial charge in [-0.1, -0.05) is 25.4 Å². The van der Waals surface area contributed by atoms with Gasteiger partial charge < -0.3 is 9.84 Å². The first-order valence-corrected chi connectivity index (χ1v) is 5.65. The molecule has 3 nitrogen and oxygen atoms in total. The van der Waals surface area contributed by atoms with Crippen LogP contribution in [0.3, 0.4) is 0 Å². The van der Waals surface area contributed by atoms with Gasteiger partial charge in [-0.15, -0.1) is 0 Å². The van der Waals surface area contributed by atoms with Gasteiger partial charge in [0.25, 0.3) is 0 Å². The van der Waals surface area contributed by atoms with E-state index < -0.39 is 5.97 Å². The molecule has 1 N–H and O–H groups in total. The van der Waals surface area contributed by atoms with Crippen LogP contribution in [0, 0.1) is 0 Å². The maximum absolute atomic E-state index is 11.0. The molecule has 1 aromatic carbocycles. The molecule has 0 spiro atoms. The van der Waals surface area contributed by atoms with Gasteiger partial charge in [0, 0.05) is 5.02 Å². The van der Waals surface area contributed by atoms with E-state index in [2.05, 4.69) is 0 Å². The van der Waals surface area contributed by atoms with E-state index in [1.165, 1.54) is 6.07 Å². The molecule has 1 aromatic rings. The zero-order valence-electron chi connectivity index (χ0n) is 9.37. The van der Waals surface area contributed by atoms with Crippen LogP contribution >= 0.6 is 11.6 Å². The van der Waals surface area contributed by atoms with Crippen LogP contribution in [0.2, 0.25) is 5.02 Å². The Morgan fingerprint density at radius 2 is 2.06 bits per heavy atom. The molecule has 0 saturated carbocycles. The summed E-state index contributed by atoms with van der Waals surface area (Å²) in [4.78, 5) is 11.0. The minimum atomic E-state index is -1.02. The van der Waals surface area contributed by atoms with E-state index in [1.54, 1.807) is 12.1 Å². The van der Waals surface area contributed by atoms with Crippen LogP contribution < -0.4 is 4.74 Å². The van der Waals surface area contributed by atoms with E-state index in [9.17, 15) is 4.79 Å². The first-order valence-electron chi connectivity index (χ1n) is 5.28. The lowest BCUT2D eigenvalue weighted by molar-refractivity contribution is 0.0688. The SMILES string of the molecule is CCC(CC)Oc1ccc(Cl)cc1C(=O)O. The van der Waals surface area contributed by atoms with Gasteiger partial charge in [-0.3, -0.25) is 0 Å². The summed E-state index contributed by atoms with van der Waals surface area (Å²) >= 11 is 5.75. The highest BCUT2D eigenvalue weighted by Crippen LogP contribution is 2.24. The molecular weight excluding hydrogens is 228 g/mol. The third-order valence-corrected chi connectivity index (χ3v) is 2.61. The number of aromatic carboxylic acids is 1. The summed E-state index contributed by atoms with van der Waals surface area (Å²) in [6, 6.07) is 4.64. The first kappa shape index (κ1) is 12.8. The molecule has 0 bridgehead atoms. The average molecular weight is 243 g/mol. The second-order valence-electron chi connectivity index (χ2n) is 3.50. The van der Waals surface area contributed by atoms with E-state index in [0.717, 1.165) is 12.8 Å². The van der Waals surface area contributed by atoms with Crippen LogP contribution in [0.4, 0.5) is 0 Å². The lowest BCUT2D eigenvalue weighted by atomic mass is 10.2. The third-order valence-electron chi connectivity index (χ3n) is 2.38. The first-order chi connectivity index (χ1) is 7.58. The van der Waals surface area contributed by atoms with Crippen molar-refractivity contribution in [2.24, 2.45) is 0 Å². The van der Waals surface area contributed by atoms with E-state index >= 15 is 0 Å². The molecule has 0 unspecified atom stereocenters. The van der Waals surface area contributed by atoms with Crippen LogP contribution in [0.25, 0.3) is 0 Å². The highest BCUT2D eigenvalue weighted by Gasteiger charge is 2.14. The van der Waals surface area contributed by atoms with Crippen molar-refractivity contribution in [2.45, 2.75) is 32.8 Å². The van der Waals surface area contributed by atoms with Gasteiger partial charge >= 0.3 is 5.97 Å². The Balaban J connectivity index is 2.98. The van der Waals surface area contributed by atoms with Crippen molar-refractivity contribution in [3.05, 3.63) is 28.8 Å². The zero-order chi connectivity index (χ0) is 12.1. The Kier molecular flexibility index (Phi) is 4.62. The largest absolute Gasteiger partial charge is 0.490 e. The summed E-state index contributed by atoms with van der Waals surface area (Å²) < 4.78 is 5.62. The molecule has 0 aliphatic heterocycles. The predicted octanol–water partition coefficient (Wildman–Crippen LogP) is 3.61. The number of carboxylic acids is 1. The van der Waals surface area contributed by atoms with Gasteiger partial charge in [0.1, 0.15) is 11.3 Å². The highest BCUT2D eigenvalue weighted by atomic mass is 35.5. The molecule has 88 valence electrons. The minimum absolute atomic E-state index is 0.0410. The van der Waals surface area contributed by atoms with Crippen LogP contribution in [0.15, 0.2) is 18.2 Å². The molecule has 0 aromatic heterocycles. The molecule has 0 aliphatic carbocycles. The van der Waals surface area contributed by atoms with Crippen molar-refractivity contribution in [1.29, 1.82) is 0 Å². The fourth-order valence-corrected chi connectivity index (χ4v) is 1.58. The van der Waals surface area contributed by atoms with Gasteiger partial charge in [0.15, 0.2) is 0 Å². The fourth-order valence-electron chi connectivity index (χ4n) is 1.41. The molecule has 4 heteroatoms. The Hall–Kier alpha value is -1.22. The highest BCUT2D eigenvalue weighted by molar-refractivity contribution is 6.31. The number of halogens is 1. The lowest BCUT2D eigenvalue weighted by Gasteiger charge is -2.17. The van der Waals surface area contributed by atoms with Crippen LogP contribution in [-0.4, -0.2) is 17.2 Å². The van der Waals surface area contributed by atoms with E-state index in [1.807, 2.05) is 13.8 Å². The standard InChI is InChI=1S/C12H15ClO3/c1-3-9(4-2)16-11-6-5-8(13)7-10(11)12(14)15/h5-7,9H,3-4H2,1-2H3,(H,14,15). The molecule has 0 atom stereocenters. The molecule has 0 radical (unpaired) electrons. The summed E-state index contributed by atoms with van der Waals surface area (Å²) in [7, 11) is 0.